The van der Waals surface area contributed by atoms with Crippen LogP contribution in [0.2, 0.25) is 0 Å². The first kappa shape index (κ1) is 37.7. The molecule has 0 heteroatoms. The zero-order chi connectivity index (χ0) is 27.6. The van der Waals surface area contributed by atoms with Gasteiger partial charge in [-0.1, -0.05) is 219 Å². The SMILES string of the molecule is C=C(CCCCCCCCCCCCCCCC)CCCCCCCCCCCCCCCCCCCC. The summed E-state index contributed by atoms with van der Waals surface area (Å²) in [5.74, 6) is 0. The maximum Gasteiger partial charge on any atom is -0.0323 e. The molecule has 228 valence electrons. The zero-order valence-corrected chi connectivity index (χ0v) is 27.2. The quantitative estimate of drug-likeness (QED) is 0.0571. The Morgan fingerprint density at radius 3 is 0.605 bits per heavy atom. The van der Waals surface area contributed by atoms with Crippen molar-refractivity contribution in [2.45, 2.75) is 232 Å². The number of hydrogen-bond donors (Lipinski definition) is 0. The van der Waals surface area contributed by atoms with E-state index in [4.69, 9.17) is 0 Å². The number of unbranched alkanes of at least 4 members (excludes halogenated alkanes) is 30. The second-order valence-corrected chi connectivity index (χ2v) is 12.9. The molecule has 0 bridgehead atoms. The number of allylic oxidation sites excluding steroid dienone is 1. The first-order chi connectivity index (χ1) is 18.8. The van der Waals surface area contributed by atoms with Gasteiger partial charge in [0, 0.05) is 0 Å². The van der Waals surface area contributed by atoms with E-state index in [9.17, 15) is 0 Å². The molecule has 0 fully saturated rings. The van der Waals surface area contributed by atoms with Crippen molar-refractivity contribution in [2.24, 2.45) is 0 Å². The van der Waals surface area contributed by atoms with Crippen LogP contribution in [0.4, 0.5) is 0 Å². The molecule has 0 N–H and O–H groups in total. The van der Waals surface area contributed by atoms with E-state index in [2.05, 4.69) is 20.4 Å². The molecule has 0 aromatic carbocycles. The highest BCUT2D eigenvalue weighted by Crippen LogP contribution is 2.19. The van der Waals surface area contributed by atoms with Gasteiger partial charge in [-0.3, -0.25) is 0 Å². The standard InChI is InChI=1S/C38H76/c1-4-6-8-10-12-14-16-18-20-21-22-23-25-27-29-31-33-35-37-38(3)36-34-32-30-28-26-24-19-17-15-13-11-9-7-5-2/h3-37H2,1-2H3. The van der Waals surface area contributed by atoms with Crippen LogP contribution in [0.1, 0.15) is 232 Å². The molecule has 0 heterocycles. The van der Waals surface area contributed by atoms with Crippen LogP contribution in [0.25, 0.3) is 0 Å². The van der Waals surface area contributed by atoms with Gasteiger partial charge in [0.1, 0.15) is 0 Å². The van der Waals surface area contributed by atoms with E-state index < -0.39 is 0 Å². The van der Waals surface area contributed by atoms with E-state index in [1.807, 2.05) is 0 Å². The zero-order valence-electron chi connectivity index (χ0n) is 27.2. The first-order valence-corrected chi connectivity index (χ1v) is 18.5. The molecule has 0 unspecified atom stereocenters. The van der Waals surface area contributed by atoms with Crippen molar-refractivity contribution in [2.75, 3.05) is 0 Å². The van der Waals surface area contributed by atoms with Gasteiger partial charge in [0.2, 0.25) is 0 Å². The highest BCUT2D eigenvalue weighted by Gasteiger charge is 1.99. The van der Waals surface area contributed by atoms with Gasteiger partial charge in [0.15, 0.2) is 0 Å². The fourth-order valence-electron chi connectivity index (χ4n) is 5.97. The molecule has 0 rings (SSSR count). The Balaban J connectivity index is 3.14. The Morgan fingerprint density at radius 1 is 0.263 bits per heavy atom. The molecule has 0 spiro atoms. The normalized spacial score (nSPS) is 11.4. The minimum Gasteiger partial charge on any atom is -0.0999 e. The molecule has 0 atom stereocenters. The van der Waals surface area contributed by atoms with E-state index in [-0.39, 0.29) is 0 Å². The molecule has 0 aromatic rings. The highest BCUT2D eigenvalue weighted by molar-refractivity contribution is 4.93. The van der Waals surface area contributed by atoms with Crippen LogP contribution in [0.3, 0.4) is 0 Å². The van der Waals surface area contributed by atoms with Gasteiger partial charge in [-0.15, -0.1) is 0 Å². The van der Waals surface area contributed by atoms with Crippen molar-refractivity contribution in [3.05, 3.63) is 12.2 Å². The van der Waals surface area contributed by atoms with Crippen molar-refractivity contribution in [3.8, 4) is 0 Å². The maximum atomic E-state index is 4.37. The molecular formula is C38H76. The van der Waals surface area contributed by atoms with Crippen molar-refractivity contribution < 1.29 is 0 Å². The third-order valence-corrected chi connectivity index (χ3v) is 8.77. The van der Waals surface area contributed by atoms with Crippen LogP contribution in [0, 0.1) is 0 Å². The molecule has 0 radical (unpaired) electrons. The van der Waals surface area contributed by atoms with Crippen LogP contribution in [0.15, 0.2) is 12.2 Å². The Kier molecular flexibility index (Phi) is 34.5. The Labute approximate surface area is 244 Å². The Hall–Kier alpha value is -0.260. The van der Waals surface area contributed by atoms with Crippen LogP contribution in [-0.4, -0.2) is 0 Å². The first-order valence-electron chi connectivity index (χ1n) is 18.5. The summed E-state index contributed by atoms with van der Waals surface area (Å²) in [4.78, 5) is 0. The summed E-state index contributed by atoms with van der Waals surface area (Å²) >= 11 is 0. The minimum atomic E-state index is 1.29. The fraction of sp³-hybridized carbons (Fsp3) is 0.947. The van der Waals surface area contributed by atoms with Crippen LogP contribution in [-0.2, 0) is 0 Å². The van der Waals surface area contributed by atoms with Crippen LogP contribution >= 0.6 is 0 Å². The molecule has 0 nitrogen and oxygen atoms in total. The van der Waals surface area contributed by atoms with E-state index in [0.717, 1.165) is 0 Å². The lowest BCUT2D eigenvalue weighted by Gasteiger charge is -2.07. The molecule has 38 heavy (non-hydrogen) atoms. The smallest absolute Gasteiger partial charge is 0.0323 e. The topological polar surface area (TPSA) is 0 Å². The average Bonchev–Trinajstić information content (AvgIpc) is 2.92. The van der Waals surface area contributed by atoms with Gasteiger partial charge in [-0.05, 0) is 25.7 Å². The Morgan fingerprint density at radius 2 is 0.421 bits per heavy atom. The summed E-state index contributed by atoms with van der Waals surface area (Å²) < 4.78 is 0. The second-order valence-electron chi connectivity index (χ2n) is 12.9. The Bertz CT molecular complexity index is 422. The fourth-order valence-corrected chi connectivity index (χ4v) is 5.97. The van der Waals surface area contributed by atoms with Crippen molar-refractivity contribution in [1.29, 1.82) is 0 Å². The second kappa shape index (κ2) is 34.8. The predicted octanol–water partition coefficient (Wildman–Crippen LogP) is 14.8. The summed E-state index contributed by atoms with van der Waals surface area (Å²) in [6.07, 6.45) is 49.2. The minimum absolute atomic E-state index is 1.29. The van der Waals surface area contributed by atoms with Gasteiger partial charge in [-0.25, -0.2) is 0 Å². The van der Waals surface area contributed by atoms with Gasteiger partial charge in [0.25, 0.3) is 0 Å². The molecule has 0 amide bonds. The summed E-state index contributed by atoms with van der Waals surface area (Å²) in [5.41, 5.74) is 1.53. The maximum absolute atomic E-state index is 4.37. The van der Waals surface area contributed by atoms with E-state index >= 15 is 0 Å². The highest BCUT2D eigenvalue weighted by atomic mass is 14.1. The largest absolute Gasteiger partial charge is 0.0999 e. The number of rotatable bonds is 34. The van der Waals surface area contributed by atoms with Crippen LogP contribution in [0.5, 0.6) is 0 Å². The monoisotopic (exact) mass is 533 g/mol. The molecule has 0 aliphatic heterocycles. The van der Waals surface area contributed by atoms with E-state index in [0.29, 0.717) is 0 Å². The van der Waals surface area contributed by atoms with Crippen molar-refractivity contribution >= 4 is 0 Å². The van der Waals surface area contributed by atoms with Crippen molar-refractivity contribution in [1.82, 2.24) is 0 Å². The van der Waals surface area contributed by atoms with Gasteiger partial charge >= 0.3 is 0 Å². The molecular weight excluding hydrogens is 456 g/mol. The molecule has 0 aliphatic rings. The van der Waals surface area contributed by atoms with Crippen LogP contribution < -0.4 is 0 Å². The number of hydrogen-bond acceptors (Lipinski definition) is 0. The van der Waals surface area contributed by atoms with Gasteiger partial charge < -0.3 is 0 Å². The van der Waals surface area contributed by atoms with Gasteiger partial charge in [0.05, 0.1) is 0 Å². The summed E-state index contributed by atoms with van der Waals surface area (Å²) in [6, 6.07) is 0. The molecule has 0 aromatic heterocycles. The lowest BCUT2D eigenvalue weighted by atomic mass is 10.00. The molecule has 0 aliphatic carbocycles. The summed E-state index contributed by atoms with van der Waals surface area (Å²) in [6.45, 7) is 8.98. The third kappa shape index (κ3) is 33.8. The lowest BCUT2D eigenvalue weighted by molar-refractivity contribution is 0.524. The lowest BCUT2D eigenvalue weighted by Crippen LogP contribution is -1.87. The summed E-state index contributed by atoms with van der Waals surface area (Å²) in [5, 5.41) is 0. The third-order valence-electron chi connectivity index (χ3n) is 8.77. The van der Waals surface area contributed by atoms with E-state index in [1.54, 1.807) is 0 Å². The van der Waals surface area contributed by atoms with Gasteiger partial charge in [-0.2, -0.15) is 0 Å². The summed E-state index contributed by atoms with van der Waals surface area (Å²) in [7, 11) is 0. The molecule has 0 saturated carbocycles. The predicted molar refractivity (Wildman–Crippen MR) is 177 cm³/mol. The van der Waals surface area contributed by atoms with E-state index in [1.165, 1.54) is 224 Å². The van der Waals surface area contributed by atoms with Crippen molar-refractivity contribution in [3.63, 3.8) is 0 Å². The average molecular weight is 533 g/mol. The molecule has 0 saturated heterocycles.